The lowest BCUT2D eigenvalue weighted by molar-refractivity contribution is 0.0183. The fourth-order valence-corrected chi connectivity index (χ4v) is 2.85. The molecule has 1 unspecified atom stereocenters. The summed E-state index contributed by atoms with van der Waals surface area (Å²) in [5.74, 6) is -1.40. The average Bonchev–Trinajstić information content (AvgIpc) is 3.03. The van der Waals surface area contributed by atoms with Crippen LogP contribution in [0.25, 0.3) is 0 Å². The number of unbranched alkanes of at least 4 members (excludes halogenated alkanes) is 1. The molecule has 1 aromatic rings. The highest BCUT2D eigenvalue weighted by molar-refractivity contribution is 7.88. The first-order chi connectivity index (χ1) is 10.8. The molecule has 0 saturated carbocycles. The summed E-state index contributed by atoms with van der Waals surface area (Å²) in [6.45, 7) is 0.515. The van der Waals surface area contributed by atoms with E-state index in [0.29, 0.717) is 13.0 Å². The minimum Gasteiger partial charge on any atom is -0.430 e. The van der Waals surface area contributed by atoms with Crippen LogP contribution in [0.4, 0.5) is 6.01 Å². The highest BCUT2D eigenvalue weighted by Gasteiger charge is 2.37. The summed E-state index contributed by atoms with van der Waals surface area (Å²) in [6, 6.07) is 0.119. The first-order valence-corrected chi connectivity index (χ1v) is 8.23. The summed E-state index contributed by atoms with van der Waals surface area (Å²) >= 11 is 0. The van der Waals surface area contributed by atoms with Gasteiger partial charge < -0.3 is 20.6 Å². The Morgan fingerprint density at radius 3 is 2.91 bits per heavy atom. The van der Waals surface area contributed by atoms with E-state index < -0.39 is 16.1 Å². The van der Waals surface area contributed by atoms with Crippen LogP contribution in [-0.2, 0) is 21.4 Å². The van der Waals surface area contributed by atoms with Gasteiger partial charge in [-0.25, -0.2) is 0 Å². The zero-order valence-corrected chi connectivity index (χ0v) is 13.3. The number of hydrogen-bond donors (Lipinski definition) is 4. The Labute approximate surface area is 133 Å². The molecule has 0 bridgehead atoms. The van der Waals surface area contributed by atoms with Crippen molar-refractivity contribution in [2.45, 2.75) is 25.1 Å². The molecular formula is C11H19N7O4S. The van der Waals surface area contributed by atoms with E-state index >= 15 is 0 Å². The number of nitrogens with two attached hydrogens (primary N) is 2. The third kappa shape index (κ3) is 4.99. The number of aromatic nitrogens is 1. The average molecular weight is 345 g/mol. The van der Waals surface area contributed by atoms with Crippen molar-refractivity contribution in [1.29, 1.82) is 0 Å². The zero-order chi connectivity index (χ0) is 16.9. The van der Waals surface area contributed by atoms with Gasteiger partial charge in [-0.1, -0.05) is 0 Å². The van der Waals surface area contributed by atoms with Crippen LogP contribution in [0.15, 0.2) is 20.1 Å². The van der Waals surface area contributed by atoms with Crippen molar-refractivity contribution in [3.8, 4) is 0 Å². The van der Waals surface area contributed by atoms with E-state index in [1.807, 2.05) is 0 Å². The maximum absolute atomic E-state index is 11.3. The molecule has 2 rings (SSSR count). The van der Waals surface area contributed by atoms with Crippen LogP contribution in [0, 0.1) is 0 Å². The van der Waals surface area contributed by atoms with Gasteiger partial charge in [0.15, 0.2) is 5.96 Å². The Morgan fingerprint density at radius 1 is 1.52 bits per heavy atom. The summed E-state index contributed by atoms with van der Waals surface area (Å²) in [5.41, 5.74) is 11.2. The number of aryl methyl sites for hydroxylation is 1. The van der Waals surface area contributed by atoms with E-state index in [1.54, 1.807) is 0 Å². The molecule has 0 saturated heterocycles. The molecule has 0 aliphatic carbocycles. The van der Waals surface area contributed by atoms with E-state index in [9.17, 15) is 8.42 Å². The first kappa shape index (κ1) is 17.3. The number of hydrogen-bond acceptors (Lipinski definition) is 7. The van der Waals surface area contributed by atoms with E-state index in [-0.39, 0.29) is 12.0 Å². The van der Waals surface area contributed by atoms with Crippen molar-refractivity contribution < 1.29 is 17.6 Å². The molecule has 1 aliphatic rings. The number of nitrogens with one attached hydrogen (secondary N) is 2. The standard InChI is InChI=1S/C11H19N7O4S/c1-21-11(7-15-23(19,20)18-11)14-5-3-2-4-8-6-22-10(16-8)17-9(12)13/h6-7,14,18H,2-5H2,1H3,(H4,12,13,16,17). The van der Waals surface area contributed by atoms with E-state index in [2.05, 4.69) is 24.4 Å². The van der Waals surface area contributed by atoms with Gasteiger partial charge in [-0.3, -0.25) is 5.32 Å². The van der Waals surface area contributed by atoms with Crippen molar-refractivity contribution in [1.82, 2.24) is 15.0 Å². The normalized spacial score (nSPS) is 22.3. The highest BCUT2D eigenvalue weighted by atomic mass is 32.2. The van der Waals surface area contributed by atoms with Gasteiger partial charge in [0.05, 0.1) is 11.9 Å². The third-order valence-corrected chi connectivity index (χ3v) is 3.93. The van der Waals surface area contributed by atoms with Gasteiger partial charge in [0.1, 0.15) is 6.26 Å². The van der Waals surface area contributed by atoms with Crippen molar-refractivity contribution in [2.24, 2.45) is 20.9 Å². The maximum Gasteiger partial charge on any atom is 0.325 e. The summed E-state index contributed by atoms with van der Waals surface area (Å²) in [5, 5.41) is 2.96. The molecule has 0 aromatic carbocycles. The molecule has 2 heterocycles. The molecule has 0 fully saturated rings. The van der Waals surface area contributed by atoms with Crippen LogP contribution in [0.3, 0.4) is 0 Å². The third-order valence-electron chi connectivity index (χ3n) is 2.99. The molecule has 128 valence electrons. The van der Waals surface area contributed by atoms with Gasteiger partial charge in [0.25, 0.3) is 0 Å². The Kier molecular flexibility index (Phi) is 5.30. The number of ether oxygens (including phenoxy) is 1. The Hall–Kier alpha value is -2.02. The van der Waals surface area contributed by atoms with Gasteiger partial charge in [0.2, 0.25) is 5.85 Å². The summed E-state index contributed by atoms with van der Waals surface area (Å²) in [7, 11) is -2.30. The molecule has 0 amide bonds. The zero-order valence-electron chi connectivity index (χ0n) is 12.5. The van der Waals surface area contributed by atoms with E-state index in [4.69, 9.17) is 20.6 Å². The summed E-state index contributed by atoms with van der Waals surface area (Å²) < 4.78 is 38.4. The predicted octanol–water partition coefficient (Wildman–Crippen LogP) is -1.29. The number of methoxy groups -OCH3 is 1. The lowest BCUT2D eigenvalue weighted by Gasteiger charge is -2.24. The predicted molar refractivity (Wildman–Crippen MR) is 83.2 cm³/mol. The van der Waals surface area contributed by atoms with E-state index in [0.717, 1.165) is 18.5 Å². The fourth-order valence-electron chi connectivity index (χ4n) is 1.91. The molecule has 23 heavy (non-hydrogen) atoms. The number of guanidine groups is 1. The van der Waals surface area contributed by atoms with Crippen LogP contribution < -0.4 is 21.5 Å². The topological polar surface area (TPSA) is 170 Å². The van der Waals surface area contributed by atoms with Crippen LogP contribution >= 0.6 is 0 Å². The van der Waals surface area contributed by atoms with Gasteiger partial charge in [0, 0.05) is 7.11 Å². The molecule has 1 atom stereocenters. The Morgan fingerprint density at radius 2 is 2.30 bits per heavy atom. The van der Waals surface area contributed by atoms with Crippen molar-refractivity contribution in [3.05, 3.63) is 12.0 Å². The second kappa shape index (κ2) is 7.04. The number of rotatable bonds is 8. The maximum atomic E-state index is 11.3. The number of aliphatic imine (C=N–C) groups is 1. The second-order valence-corrected chi connectivity index (χ2v) is 6.16. The second-order valence-electron chi connectivity index (χ2n) is 4.79. The lowest BCUT2D eigenvalue weighted by Crippen LogP contribution is -2.58. The molecule has 1 aliphatic heterocycles. The fraction of sp³-hybridized carbons (Fsp3) is 0.545. The summed E-state index contributed by atoms with van der Waals surface area (Å²) in [4.78, 5) is 7.80. The van der Waals surface area contributed by atoms with Gasteiger partial charge in [-0.2, -0.15) is 22.8 Å². The van der Waals surface area contributed by atoms with Crippen LogP contribution in [-0.4, -0.2) is 45.1 Å². The van der Waals surface area contributed by atoms with E-state index in [1.165, 1.54) is 19.6 Å². The molecule has 0 radical (unpaired) electrons. The summed E-state index contributed by atoms with van der Waals surface area (Å²) in [6.07, 6.45) is 4.89. The smallest absolute Gasteiger partial charge is 0.325 e. The number of oxazole rings is 1. The molecule has 11 nitrogen and oxygen atoms in total. The first-order valence-electron chi connectivity index (χ1n) is 6.79. The van der Waals surface area contributed by atoms with Gasteiger partial charge in [-0.05, 0) is 25.8 Å². The number of nitrogens with zero attached hydrogens (tertiary/aromatic N) is 3. The van der Waals surface area contributed by atoms with Crippen LogP contribution in [0.1, 0.15) is 18.5 Å². The van der Waals surface area contributed by atoms with Crippen molar-refractivity contribution in [3.63, 3.8) is 0 Å². The SMILES string of the molecule is COC1(NCCCCc2coc(N=C(N)N)n2)C=NS(=O)(=O)N1. The molecule has 1 aromatic heterocycles. The minimum atomic E-state index is -3.68. The monoisotopic (exact) mass is 345 g/mol. The largest absolute Gasteiger partial charge is 0.430 e. The molecular weight excluding hydrogens is 326 g/mol. The Balaban J connectivity index is 1.73. The molecule has 0 spiro atoms. The quantitative estimate of drug-likeness (QED) is 0.195. The lowest BCUT2D eigenvalue weighted by atomic mass is 10.2. The van der Waals surface area contributed by atoms with Gasteiger partial charge >= 0.3 is 16.2 Å². The van der Waals surface area contributed by atoms with Crippen molar-refractivity contribution in [2.75, 3.05) is 13.7 Å². The molecule has 6 N–H and O–H groups in total. The Bertz CT molecular complexity index is 695. The van der Waals surface area contributed by atoms with Crippen molar-refractivity contribution >= 4 is 28.4 Å². The highest BCUT2D eigenvalue weighted by Crippen LogP contribution is 2.13. The molecule has 12 heteroatoms. The van der Waals surface area contributed by atoms with Crippen LogP contribution in [0.5, 0.6) is 0 Å². The minimum absolute atomic E-state index is 0.117. The van der Waals surface area contributed by atoms with Crippen LogP contribution in [0.2, 0.25) is 0 Å². The van der Waals surface area contributed by atoms with Gasteiger partial charge in [-0.15, -0.1) is 4.72 Å².